The van der Waals surface area contributed by atoms with Crippen LogP contribution < -0.4 is 5.73 Å². The summed E-state index contributed by atoms with van der Waals surface area (Å²) >= 11 is 0. The normalized spacial score (nSPS) is 27.5. The molecule has 1 rings (SSSR count). The van der Waals surface area contributed by atoms with Crippen LogP contribution in [0.4, 0.5) is 0 Å². The second-order valence-corrected chi connectivity index (χ2v) is 8.31. The zero-order valence-electron chi connectivity index (χ0n) is 12.9. The minimum atomic E-state index is -3.13. The van der Waals surface area contributed by atoms with Crippen molar-refractivity contribution in [2.45, 2.75) is 75.5 Å². The third kappa shape index (κ3) is 6.55. The van der Waals surface area contributed by atoms with Crippen molar-refractivity contribution in [2.24, 2.45) is 5.73 Å². The molecule has 0 radical (unpaired) electrons. The van der Waals surface area contributed by atoms with Crippen LogP contribution >= 0.6 is 0 Å². The van der Waals surface area contributed by atoms with Crippen molar-refractivity contribution >= 4 is 9.84 Å². The molecule has 1 saturated carbocycles. The molecule has 4 nitrogen and oxygen atoms in total. The van der Waals surface area contributed by atoms with E-state index in [1.54, 1.807) is 0 Å². The minimum absolute atomic E-state index is 0.0991. The maximum absolute atomic E-state index is 12.4. The number of nitrogens with two attached hydrogens (primary N) is 1. The molecule has 1 fully saturated rings. The van der Waals surface area contributed by atoms with Crippen LogP contribution in [-0.4, -0.2) is 39.2 Å². The van der Waals surface area contributed by atoms with Crippen LogP contribution in [0.3, 0.4) is 0 Å². The number of sulfone groups is 1. The van der Waals surface area contributed by atoms with Gasteiger partial charge in [0.25, 0.3) is 0 Å². The summed E-state index contributed by atoms with van der Waals surface area (Å²) in [4.78, 5) is 0. The molecule has 0 aliphatic heterocycles. The molecule has 0 amide bonds. The molecule has 2 atom stereocenters. The fourth-order valence-electron chi connectivity index (χ4n) is 2.98. The lowest BCUT2D eigenvalue weighted by Gasteiger charge is -2.24. The molecule has 0 aromatic heterocycles. The molecule has 20 heavy (non-hydrogen) atoms. The number of rotatable bonds is 4. The van der Waals surface area contributed by atoms with Gasteiger partial charge in [-0.15, -0.1) is 0 Å². The molecule has 1 aliphatic carbocycles. The first kappa shape index (κ1) is 17.9. The second kappa shape index (κ2) is 9.74. The fraction of sp³-hybridized carbons (Fsp3) is 1.00. The van der Waals surface area contributed by atoms with Crippen LogP contribution in [-0.2, 0) is 14.6 Å². The largest absolute Gasteiger partial charge is 0.384 e. The van der Waals surface area contributed by atoms with E-state index in [1.807, 2.05) is 0 Å². The summed E-state index contributed by atoms with van der Waals surface area (Å²) in [5, 5.41) is -0.378. The number of methoxy groups -OCH3 is 1. The summed E-state index contributed by atoms with van der Waals surface area (Å²) in [7, 11) is -1.60. The lowest BCUT2D eigenvalue weighted by atomic mass is 9.98. The quantitative estimate of drug-likeness (QED) is 0.867. The summed E-state index contributed by atoms with van der Waals surface area (Å²) in [6.45, 7) is 0.269. The molecule has 2 N–H and O–H groups in total. The van der Waals surface area contributed by atoms with Gasteiger partial charge in [-0.2, -0.15) is 0 Å². The zero-order valence-corrected chi connectivity index (χ0v) is 13.7. The molecule has 2 unspecified atom stereocenters. The molecular weight excluding hydrogens is 274 g/mol. The van der Waals surface area contributed by atoms with E-state index in [1.165, 1.54) is 39.2 Å². The summed E-state index contributed by atoms with van der Waals surface area (Å²) in [5.41, 5.74) is 6.20. The highest BCUT2D eigenvalue weighted by molar-refractivity contribution is 7.92. The Balaban J connectivity index is 2.65. The molecule has 0 saturated heterocycles. The van der Waals surface area contributed by atoms with E-state index in [0.717, 1.165) is 25.7 Å². The summed E-state index contributed by atoms with van der Waals surface area (Å²) in [6, 6.07) is -0.212. The first-order valence-corrected chi connectivity index (χ1v) is 9.75. The van der Waals surface area contributed by atoms with E-state index in [0.29, 0.717) is 6.42 Å². The van der Waals surface area contributed by atoms with Crippen molar-refractivity contribution < 1.29 is 13.2 Å². The van der Waals surface area contributed by atoms with Gasteiger partial charge in [-0.1, -0.05) is 51.4 Å². The summed E-state index contributed by atoms with van der Waals surface area (Å²) < 4.78 is 29.7. The van der Waals surface area contributed by atoms with Gasteiger partial charge in [-0.25, -0.2) is 8.42 Å². The second-order valence-electron chi connectivity index (χ2n) is 5.97. The molecular formula is C15H31NO3S. The first-order chi connectivity index (χ1) is 9.58. The van der Waals surface area contributed by atoms with E-state index in [4.69, 9.17) is 10.5 Å². The Morgan fingerprint density at radius 1 is 0.950 bits per heavy atom. The van der Waals surface area contributed by atoms with Crippen molar-refractivity contribution in [2.75, 3.05) is 19.5 Å². The highest BCUT2D eigenvalue weighted by atomic mass is 32.2. The molecule has 120 valence electrons. The maximum Gasteiger partial charge on any atom is 0.156 e. The van der Waals surface area contributed by atoms with Crippen LogP contribution in [0.1, 0.15) is 64.2 Å². The van der Waals surface area contributed by atoms with Crippen molar-refractivity contribution in [3.05, 3.63) is 0 Å². The summed E-state index contributed by atoms with van der Waals surface area (Å²) in [5.74, 6) is 0.0991. The fourth-order valence-corrected chi connectivity index (χ4v) is 4.88. The lowest BCUT2D eigenvalue weighted by molar-refractivity contribution is 0.216. The smallest absolute Gasteiger partial charge is 0.156 e. The Labute approximate surface area is 124 Å². The molecule has 0 aromatic rings. The number of hydrogen-bond donors (Lipinski definition) is 1. The molecule has 0 aromatic carbocycles. The molecule has 0 spiro atoms. The predicted octanol–water partition coefficient (Wildman–Crippen LogP) is 2.66. The highest BCUT2D eigenvalue weighted by Gasteiger charge is 2.30. The average Bonchev–Trinajstić information content (AvgIpc) is 2.40. The van der Waals surface area contributed by atoms with Crippen molar-refractivity contribution in [1.82, 2.24) is 0 Å². The number of hydrogen-bond acceptors (Lipinski definition) is 4. The van der Waals surface area contributed by atoms with E-state index in [2.05, 4.69) is 0 Å². The van der Waals surface area contributed by atoms with Gasteiger partial charge in [-0.05, 0) is 12.8 Å². The van der Waals surface area contributed by atoms with Crippen LogP contribution in [0.15, 0.2) is 0 Å². The topological polar surface area (TPSA) is 69.4 Å². The van der Waals surface area contributed by atoms with Gasteiger partial charge in [-0.3, -0.25) is 0 Å². The Morgan fingerprint density at radius 3 is 2.00 bits per heavy atom. The first-order valence-electron chi connectivity index (χ1n) is 8.04. The third-order valence-corrected chi connectivity index (χ3v) is 6.53. The van der Waals surface area contributed by atoms with Crippen molar-refractivity contribution in [1.29, 1.82) is 0 Å². The standard InChI is InChI=1S/C15H31NO3S/c1-19-12-13-20(17,18)15-11-9-7-5-3-2-4-6-8-10-14(15)16/h14-15H,2-13,16H2,1H3. The highest BCUT2D eigenvalue weighted by Crippen LogP contribution is 2.21. The van der Waals surface area contributed by atoms with Gasteiger partial charge in [0.05, 0.1) is 17.6 Å². The maximum atomic E-state index is 12.4. The molecule has 1 aliphatic rings. The van der Waals surface area contributed by atoms with E-state index in [9.17, 15) is 8.42 Å². The van der Waals surface area contributed by atoms with E-state index in [-0.39, 0.29) is 23.7 Å². The zero-order chi connectivity index (χ0) is 14.8. The Bertz CT molecular complexity index is 343. The van der Waals surface area contributed by atoms with Crippen molar-refractivity contribution in [3.63, 3.8) is 0 Å². The molecule has 0 bridgehead atoms. The Morgan fingerprint density at radius 2 is 1.45 bits per heavy atom. The van der Waals surface area contributed by atoms with E-state index < -0.39 is 9.84 Å². The van der Waals surface area contributed by atoms with Gasteiger partial charge in [0, 0.05) is 13.2 Å². The SMILES string of the molecule is COCCS(=O)(=O)C1CCCCCCCCCCC1N. The third-order valence-electron chi connectivity index (χ3n) is 4.29. The number of ether oxygens (including phenoxy) is 1. The van der Waals surface area contributed by atoms with Crippen LogP contribution in [0.25, 0.3) is 0 Å². The van der Waals surface area contributed by atoms with Gasteiger partial charge in [0.15, 0.2) is 9.84 Å². The Hall–Kier alpha value is -0.130. The average molecular weight is 305 g/mol. The van der Waals surface area contributed by atoms with Crippen LogP contribution in [0.2, 0.25) is 0 Å². The van der Waals surface area contributed by atoms with Crippen LogP contribution in [0.5, 0.6) is 0 Å². The summed E-state index contributed by atoms with van der Waals surface area (Å²) in [6.07, 6.45) is 11.0. The van der Waals surface area contributed by atoms with E-state index >= 15 is 0 Å². The van der Waals surface area contributed by atoms with Crippen molar-refractivity contribution in [3.8, 4) is 0 Å². The minimum Gasteiger partial charge on any atom is -0.384 e. The van der Waals surface area contributed by atoms with Crippen LogP contribution in [0, 0.1) is 0 Å². The monoisotopic (exact) mass is 305 g/mol. The van der Waals surface area contributed by atoms with Gasteiger partial charge in [0.2, 0.25) is 0 Å². The predicted molar refractivity (Wildman–Crippen MR) is 83.6 cm³/mol. The molecule has 5 heteroatoms. The van der Waals surface area contributed by atoms with Gasteiger partial charge >= 0.3 is 0 Å². The Kier molecular flexibility index (Phi) is 8.73. The van der Waals surface area contributed by atoms with Gasteiger partial charge in [0.1, 0.15) is 0 Å². The lowest BCUT2D eigenvalue weighted by Crippen LogP contribution is -2.42. The molecule has 0 heterocycles. The van der Waals surface area contributed by atoms with Gasteiger partial charge < -0.3 is 10.5 Å².